The van der Waals surface area contributed by atoms with Crippen molar-refractivity contribution in [2.45, 2.75) is 39.3 Å². The number of carbonyl (C=O) groups is 4. The molecular formula is C16H19N3O4. The molecule has 2 rings (SSSR count). The van der Waals surface area contributed by atoms with E-state index in [2.05, 4.69) is 10.6 Å². The van der Waals surface area contributed by atoms with E-state index in [1.165, 1.54) is 11.8 Å². The maximum atomic E-state index is 11.9. The highest BCUT2D eigenvalue weighted by Gasteiger charge is 2.31. The predicted molar refractivity (Wildman–Crippen MR) is 83.3 cm³/mol. The molecule has 1 atom stereocenters. The molecule has 2 N–H and O–H groups in total. The van der Waals surface area contributed by atoms with Crippen LogP contribution < -0.4 is 10.6 Å². The fraction of sp³-hybridized carbons (Fsp3) is 0.375. The number of piperidine rings is 1. The highest BCUT2D eigenvalue weighted by atomic mass is 16.2. The SMILES string of the molecule is CC(=O)Nc1cccc(C)c1CN(C=O)C1CCC(=O)NC1=O. The molecule has 0 bridgehead atoms. The van der Waals surface area contributed by atoms with Gasteiger partial charge < -0.3 is 10.2 Å². The number of aryl methyl sites for hydroxylation is 1. The molecule has 4 amide bonds. The summed E-state index contributed by atoms with van der Waals surface area (Å²) in [7, 11) is 0. The zero-order chi connectivity index (χ0) is 17.0. The summed E-state index contributed by atoms with van der Waals surface area (Å²) in [6, 6.07) is 4.74. The molecular weight excluding hydrogens is 298 g/mol. The second kappa shape index (κ2) is 7.04. The van der Waals surface area contributed by atoms with Gasteiger partial charge in [0.25, 0.3) is 0 Å². The molecule has 1 saturated heterocycles. The van der Waals surface area contributed by atoms with Crippen LogP contribution in [0.2, 0.25) is 0 Å². The number of hydrogen-bond acceptors (Lipinski definition) is 4. The highest BCUT2D eigenvalue weighted by Crippen LogP contribution is 2.23. The Balaban J connectivity index is 2.25. The fourth-order valence-electron chi connectivity index (χ4n) is 2.62. The number of rotatable bonds is 5. The van der Waals surface area contributed by atoms with Gasteiger partial charge in [0.1, 0.15) is 6.04 Å². The van der Waals surface area contributed by atoms with E-state index < -0.39 is 11.9 Å². The molecule has 1 aromatic rings. The summed E-state index contributed by atoms with van der Waals surface area (Å²) in [5.74, 6) is -1.01. The van der Waals surface area contributed by atoms with Crippen molar-refractivity contribution in [3.8, 4) is 0 Å². The van der Waals surface area contributed by atoms with Gasteiger partial charge in [0.2, 0.25) is 24.1 Å². The molecule has 1 aliphatic heterocycles. The summed E-state index contributed by atoms with van der Waals surface area (Å²) in [5, 5.41) is 4.97. The van der Waals surface area contributed by atoms with Crippen molar-refractivity contribution in [3.05, 3.63) is 29.3 Å². The summed E-state index contributed by atoms with van der Waals surface area (Å²) < 4.78 is 0. The average Bonchev–Trinajstić information content (AvgIpc) is 2.47. The Morgan fingerprint density at radius 3 is 2.78 bits per heavy atom. The Labute approximate surface area is 134 Å². The number of anilines is 1. The fourth-order valence-corrected chi connectivity index (χ4v) is 2.62. The van der Waals surface area contributed by atoms with Gasteiger partial charge in [0.05, 0.1) is 0 Å². The van der Waals surface area contributed by atoms with E-state index in [0.717, 1.165) is 11.1 Å². The van der Waals surface area contributed by atoms with Gasteiger partial charge in [-0.2, -0.15) is 0 Å². The third-order valence-electron chi connectivity index (χ3n) is 3.81. The van der Waals surface area contributed by atoms with Crippen molar-refractivity contribution in [1.82, 2.24) is 10.2 Å². The molecule has 7 heteroatoms. The Morgan fingerprint density at radius 2 is 2.17 bits per heavy atom. The quantitative estimate of drug-likeness (QED) is 0.618. The summed E-state index contributed by atoms with van der Waals surface area (Å²) >= 11 is 0. The molecule has 0 saturated carbocycles. The number of nitrogens with one attached hydrogen (secondary N) is 2. The number of imide groups is 1. The van der Waals surface area contributed by atoms with Gasteiger partial charge in [-0.3, -0.25) is 24.5 Å². The molecule has 0 radical (unpaired) electrons. The Morgan fingerprint density at radius 1 is 1.43 bits per heavy atom. The van der Waals surface area contributed by atoms with Gasteiger partial charge >= 0.3 is 0 Å². The van der Waals surface area contributed by atoms with Crippen molar-refractivity contribution in [3.63, 3.8) is 0 Å². The average molecular weight is 317 g/mol. The molecule has 7 nitrogen and oxygen atoms in total. The molecule has 1 heterocycles. The molecule has 23 heavy (non-hydrogen) atoms. The highest BCUT2D eigenvalue weighted by molar-refractivity contribution is 6.00. The molecule has 0 spiro atoms. The second-order valence-corrected chi connectivity index (χ2v) is 5.53. The maximum absolute atomic E-state index is 11.9. The molecule has 1 aliphatic rings. The van der Waals surface area contributed by atoms with Crippen LogP contribution in [0.1, 0.15) is 30.9 Å². The standard InChI is InChI=1S/C16H19N3O4/c1-10-4-3-5-13(17-11(2)21)12(10)8-19(9-20)14-6-7-15(22)18-16(14)23/h3-5,9,14H,6-8H2,1-2H3,(H,17,21)(H,18,22,23). The van der Waals surface area contributed by atoms with Crippen LogP contribution in [0.5, 0.6) is 0 Å². The van der Waals surface area contributed by atoms with Crippen molar-refractivity contribution in [1.29, 1.82) is 0 Å². The summed E-state index contributed by atoms with van der Waals surface area (Å²) in [5.41, 5.74) is 2.27. The minimum atomic E-state index is -0.685. The van der Waals surface area contributed by atoms with Gasteiger partial charge in [-0.1, -0.05) is 12.1 Å². The number of nitrogens with zero attached hydrogens (tertiary/aromatic N) is 1. The minimum Gasteiger partial charge on any atom is -0.329 e. The van der Waals surface area contributed by atoms with Gasteiger partial charge in [-0.05, 0) is 30.5 Å². The van der Waals surface area contributed by atoms with Gasteiger partial charge in [0.15, 0.2) is 0 Å². The van der Waals surface area contributed by atoms with Crippen LogP contribution in [0.4, 0.5) is 5.69 Å². The minimum absolute atomic E-state index is 0.179. The lowest BCUT2D eigenvalue weighted by Gasteiger charge is -2.30. The molecule has 1 fully saturated rings. The first-order valence-corrected chi connectivity index (χ1v) is 7.33. The van der Waals surface area contributed by atoms with Crippen molar-refractivity contribution in [2.24, 2.45) is 0 Å². The molecule has 1 unspecified atom stereocenters. The first kappa shape index (κ1) is 16.7. The third-order valence-corrected chi connectivity index (χ3v) is 3.81. The summed E-state index contributed by atoms with van der Waals surface area (Å²) in [4.78, 5) is 47.3. The van der Waals surface area contributed by atoms with Crippen LogP contribution in [0.25, 0.3) is 0 Å². The number of carbonyl (C=O) groups excluding carboxylic acids is 4. The van der Waals surface area contributed by atoms with Crippen molar-refractivity contribution < 1.29 is 19.2 Å². The van der Waals surface area contributed by atoms with E-state index in [4.69, 9.17) is 0 Å². The van der Waals surface area contributed by atoms with Gasteiger partial charge in [-0.15, -0.1) is 0 Å². The van der Waals surface area contributed by atoms with Crippen LogP contribution in [0, 0.1) is 6.92 Å². The second-order valence-electron chi connectivity index (χ2n) is 5.53. The first-order chi connectivity index (χ1) is 10.9. The normalized spacial score (nSPS) is 17.4. The monoisotopic (exact) mass is 317 g/mol. The van der Waals surface area contributed by atoms with Crippen LogP contribution in [-0.2, 0) is 25.7 Å². The Kier molecular flexibility index (Phi) is 5.10. The summed E-state index contributed by atoms with van der Waals surface area (Å²) in [6.07, 6.45) is 1.10. The molecule has 122 valence electrons. The number of benzene rings is 1. The van der Waals surface area contributed by atoms with Crippen LogP contribution >= 0.6 is 0 Å². The molecule has 0 aromatic heterocycles. The van der Waals surface area contributed by atoms with Crippen molar-refractivity contribution in [2.75, 3.05) is 5.32 Å². The van der Waals surface area contributed by atoms with Crippen LogP contribution in [0.15, 0.2) is 18.2 Å². The number of amides is 4. The Hall–Kier alpha value is -2.70. The van der Waals surface area contributed by atoms with Crippen molar-refractivity contribution >= 4 is 29.8 Å². The largest absolute Gasteiger partial charge is 0.329 e. The Bertz CT molecular complexity index is 657. The van der Waals surface area contributed by atoms with E-state index in [1.54, 1.807) is 12.1 Å². The number of hydrogen-bond donors (Lipinski definition) is 2. The summed E-state index contributed by atoms with van der Waals surface area (Å²) in [6.45, 7) is 3.45. The first-order valence-electron chi connectivity index (χ1n) is 7.33. The molecule has 0 aliphatic carbocycles. The van der Waals surface area contributed by atoms with E-state index in [9.17, 15) is 19.2 Å². The van der Waals surface area contributed by atoms with Crippen LogP contribution in [-0.4, -0.2) is 35.1 Å². The molecule has 1 aromatic carbocycles. The van der Waals surface area contributed by atoms with E-state index in [1.807, 2.05) is 13.0 Å². The maximum Gasteiger partial charge on any atom is 0.249 e. The zero-order valence-corrected chi connectivity index (χ0v) is 13.1. The lowest BCUT2D eigenvalue weighted by molar-refractivity contribution is -0.141. The van der Waals surface area contributed by atoms with Crippen LogP contribution in [0.3, 0.4) is 0 Å². The van der Waals surface area contributed by atoms with E-state index in [0.29, 0.717) is 18.5 Å². The smallest absolute Gasteiger partial charge is 0.249 e. The van der Waals surface area contributed by atoms with E-state index >= 15 is 0 Å². The van der Waals surface area contributed by atoms with E-state index in [-0.39, 0.29) is 24.8 Å². The third kappa shape index (κ3) is 3.94. The predicted octanol–water partition coefficient (Wildman–Crippen LogP) is 0.717. The van der Waals surface area contributed by atoms with Gasteiger partial charge in [0, 0.05) is 25.6 Å². The zero-order valence-electron chi connectivity index (χ0n) is 13.1. The lowest BCUT2D eigenvalue weighted by atomic mass is 10.0. The topological polar surface area (TPSA) is 95.6 Å². The van der Waals surface area contributed by atoms with Gasteiger partial charge in [-0.25, -0.2) is 0 Å². The lowest BCUT2D eigenvalue weighted by Crippen LogP contribution is -2.51.